The fraction of sp³-hybridized carbons (Fsp3) is 1.00. The second-order valence-electron chi connectivity index (χ2n) is 7.56. The number of nitrogens with one attached hydrogen (secondary N) is 1. The predicted octanol–water partition coefficient (Wildman–Crippen LogP) is 2.55. The highest BCUT2D eigenvalue weighted by molar-refractivity contribution is 5.11. The average molecular weight is 278 g/mol. The lowest BCUT2D eigenvalue weighted by atomic mass is 9.69. The van der Waals surface area contributed by atoms with Gasteiger partial charge in [-0.25, -0.2) is 0 Å². The zero-order valence-corrected chi connectivity index (χ0v) is 12.8. The summed E-state index contributed by atoms with van der Waals surface area (Å²) in [4.78, 5) is 2.87. The van der Waals surface area contributed by atoms with Gasteiger partial charge in [0.2, 0.25) is 0 Å². The van der Waals surface area contributed by atoms with E-state index in [1.165, 1.54) is 77.4 Å². The van der Waals surface area contributed by atoms with Gasteiger partial charge in [0.05, 0.1) is 6.10 Å². The molecule has 4 rings (SSSR count). The summed E-state index contributed by atoms with van der Waals surface area (Å²) in [5.74, 6) is 0.906. The molecule has 1 unspecified atom stereocenters. The van der Waals surface area contributed by atoms with E-state index in [1.54, 1.807) is 0 Å². The first-order valence-electron chi connectivity index (χ1n) is 8.97. The Bertz CT molecular complexity index is 330. The first kappa shape index (κ1) is 13.5. The summed E-state index contributed by atoms with van der Waals surface area (Å²) in [5, 5.41) is 3.51. The zero-order chi connectivity index (χ0) is 13.4. The standard InChI is InChI=1S/C17H30N2O/c1-2-8-17(9-3-1)16(20-13-14-4-5-14)12-19(17)15-6-10-18-11-7-15/h14-16,18H,1-13H2. The summed E-state index contributed by atoms with van der Waals surface area (Å²) in [6, 6.07) is 0.829. The molecule has 4 fully saturated rings. The Hall–Kier alpha value is -0.120. The molecule has 0 aromatic heterocycles. The second-order valence-corrected chi connectivity index (χ2v) is 7.56. The molecule has 0 bridgehead atoms. The van der Waals surface area contributed by atoms with Gasteiger partial charge in [-0.1, -0.05) is 19.3 Å². The van der Waals surface area contributed by atoms with Crippen LogP contribution in [-0.4, -0.2) is 48.8 Å². The Morgan fingerprint density at radius 3 is 2.45 bits per heavy atom. The maximum atomic E-state index is 6.36. The molecule has 1 N–H and O–H groups in total. The number of piperidine rings is 1. The lowest BCUT2D eigenvalue weighted by Gasteiger charge is -2.63. The number of hydrogen-bond donors (Lipinski definition) is 1. The van der Waals surface area contributed by atoms with E-state index < -0.39 is 0 Å². The Labute approximate surface area is 123 Å². The van der Waals surface area contributed by atoms with Crippen LogP contribution in [-0.2, 0) is 4.74 Å². The van der Waals surface area contributed by atoms with Crippen molar-refractivity contribution in [2.45, 2.75) is 75.5 Å². The summed E-state index contributed by atoms with van der Waals surface area (Å²) < 4.78 is 6.36. The van der Waals surface area contributed by atoms with Crippen molar-refractivity contribution in [1.29, 1.82) is 0 Å². The molecule has 2 saturated carbocycles. The van der Waals surface area contributed by atoms with Gasteiger partial charge in [-0.05, 0) is 57.5 Å². The van der Waals surface area contributed by atoms with Crippen LogP contribution in [0.4, 0.5) is 0 Å². The minimum absolute atomic E-state index is 0.440. The molecular formula is C17H30N2O. The monoisotopic (exact) mass is 278 g/mol. The van der Waals surface area contributed by atoms with E-state index in [4.69, 9.17) is 4.74 Å². The number of hydrogen-bond acceptors (Lipinski definition) is 3. The van der Waals surface area contributed by atoms with Crippen LogP contribution in [0.3, 0.4) is 0 Å². The molecule has 0 aromatic rings. The van der Waals surface area contributed by atoms with Crippen molar-refractivity contribution in [3.05, 3.63) is 0 Å². The van der Waals surface area contributed by atoms with E-state index >= 15 is 0 Å². The van der Waals surface area contributed by atoms with E-state index in [0.717, 1.165) is 18.6 Å². The molecule has 2 heterocycles. The van der Waals surface area contributed by atoms with Crippen molar-refractivity contribution in [2.24, 2.45) is 5.92 Å². The van der Waals surface area contributed by atoms with Crippen molar-refractivity contribution in [1.82, 2.24) is 10.2 Å². The van der Waals surface area contributed by atoms with Crippen LogP contribution >= 0.6 is 0 Å². The largest absolute Gasteiger partial charge is 0.375 e. The fourth-order valence-corrected chi connectivity index (χ4v) is 4.75. The Kier molecular flexibility index (Phi) is 3.78. The molecule has 0 amide bonds. The fourth-order valence-electron chi connectivity index (χ4n) is 4.75. The van der Waals surface area contributed by atoms with Crippen LogP contribution in [0.25, 0.3) is 0 Å². The molecule has 1 atom stereocenters. The van der Waals surface area contributed by atoms with E-state index in [1.807, 2.05) is 0 Å². The molecule has 3 heteroatoms. The topological polar surface area (TPSA) is 24.5 Å². The van der Waals surface area contributed by atoms with Crippen LogP contribution in [0, 0.1) is 5.92 Å². The highest BCUT2D eigenvalue weighted by Crippen LogP contribution is 2.47. The Morgan fingerprint density at radius 1 is 1.00 bits per heavy atom. The highest BCUT2D eigenvalue weighted by Gasteiger charge is 2.56. The van der Waals surface area contributed by atoms with Gasteiger partial charge in [0, 0.05) is 24.7 Å². The van der Waals surface area contributed by atoms with Gasteiger partial charge in [0.25, 0.3) is 0 Å². The van der Waals surface area contributed by atoms with Crippen LogP contribution < -0.4 is 5.32 Å². The van der Waals surface area contributed by atoms with Gasteiger partial charge in [-0.2, -0.15) is 0 Å². The van der Waals surface area contributed by atoms with E-state index in [0.29, 0.717) is 11.6 Å². The number of rotatable bonds is 4. The third kappa shape index (κ3) is 2.42. The van der Waals surface area contributed by atoms with E-state index in [-0.39, 0.29) is 0 Å². The second kappa shape index (κ2) is 5.58. The average Bonchev–Trinajstić information content (AvgIpc) is 3.32. The number of nitrogens with zero attached hydrogens (tertiary/aromatic N) is 1. The van der Waals surface area contributed by atoms with Gasteiger partial charge in [0.15, 0.2) is 0 Å². The zero-order valence-electron chi connectivity index (χ0n) is 12.8. The maximum Gasteiger partial charge on any atom is 0.0885 e. The van der Waals surface area contributed by atoms with Crippen LogP contribution in [0.5, 0.6) is 0 Å². The summed E-state index contributed by atoms with van der Waals surface area (Å²) in [7, 11) is 0. The van der Waals surface area contributed by atoms with Crippen molar-refractivity contribution in [3.8, 4) is 0 Å². The van der Waals surface area contributed by atoms with Gasteiger partial charge >= 0.3 is 0 Å². The highest BCUT2D eigenvalue weighted by atomic mass is 16.5. The Balaban J connectivity index is 1.42. The van der Waals surface area contributed by atoms with E-state index in [9.17, 15) is 0 Å². The molecule has 2 aliphatic carbocycles. The molecular weight excluding hydrogens is 248 g/mol. The quantitative estimate of drug-likeness (QED) is 0.855. The molecule has 4 aliphatic rings. The molecule has 1 spiro atoms. The third-order valence-corrected chi connectivity index (χ3v) is 6.23. The van der Waals surface area contributed by atoms with Crippen LogP contribution in [0.1, 0.15) is 57.8 Å². The summed E-state index contributed by atoms with van der Waals surface area (Å²) in [6.07, 6.45) is 13.1. The number of likely N-dealkylation sites (tertiary alicyclic amines) is 1. The third-order valence-electron chi connectivity index (χ3n) is 6.23. The van der Waals surface area contributed by atoms with Gasteiger partial charge in [-0.15, -0.1) is 0 Å². The number of ether oxygens (including phenoxy) is 1. The van der Waals surface area contributed by atoms with Crippen molar-refractivity contribution < 1.29 is 4.74 Å². The molecule has 114 valence electrons. The molecule has 0 aromatic carbocycles. The van der Waals surface area contributed by atoms with Crippen molar-refractivity contribution in [2.75, 3.05) is 26.2 Å². The van der Waals surface area contributed by atoms with Crippen molar-refractivity contribution in [3.63, 3.8) is 0 Å². The lowest BCUT2D eigenvalue weighted by Crippen LogP contribution is -2.75. The van der Waals surface area contributed by atoms with Gasteiger partial charge < -0.3 is 10.1 Å². The molecule has 20 heavy (non-hydrogen) atoms. The van der Waals surface area contributed by atoms with Gasteiger partial charge in [-0.3, -0.25) is 4.90 Å². The van der Waals surface area contributed by atoms with Crippen LogP contribution in [0.2, 0.25) is 0 Å². The first-order chi connectivity index (χ1) is 9.88. The van der Waals surface area contributed by atoms with E-state index in [2.05, 4.69) is 10.2 Å². The SMILES string of the molecule is C1CCC2(CC1)C(OCC1CC1)CN2C1CCNCC1. The first-order valence-corrected chi connectivity index (χ1v) is 8.97. The normalized spacial score (nSPS) is 35.1. The van der Waals surface area contributed by atoms with Crippen molar-refractivity contribution >= 4 is 0 Å². The summed E-state index contributed by atoms with van der Waals surface area (Å²) in [6.45, 7) is 4.69. The molecule has 2 saturated heterocycles. The lowest BCUT2D eigenvalue weighted by molar-refractivity contribution is -0.200. The molecule has 2 aliphatic heterocycles. The summed E-state index contributed by atoms with van der Waals surface area (Å²) >= 11 is 0. The minimum Gasteiger partial charge on any atom is -0.375 e. The Morgan fingerprint density at radius 2 is 1.75 bits per heavy atom. The predicted molar refractivity (Wildman–Crippen MR) is 80.9 cm³/mol. The van der Waals surface area contributed by atoms with Crippen LogP contribution in [0.15, 0.2) is 0 Å². The minimum atomic E-state index is 0.440. The smallest absolute Gasteiger partial charge is 0.0885 e. The maximum absolute atomic E-state index is 6.36. The molecule has 3 nitrogen and oxygen atoms in total. The summed E-state index contributed by atoms with van der Waals surface area (Å²) in [5.41, 5.74) is 0.440. The van der Waals surface area contributed by atoms with Gasteiger partial charge in [0.1, 0.15) is 0 Å². The molecule has 0 radical (unpaired) electrons.